The van der Waals surface area contributed by atoms with Crippen LogP contribution in [-0.4, -0.2) is 66.2 Å². The van der Waals surface area contributed by atoms with E-state index in [1.54, 1.807) is 20.8 Å². The zero-order valence-electron chi connectivity index (χ0n) is 18.8. The van der Waals surface area contributed by atoms with Gasteiger partial charge in [-0.2, -0.15) is 0 Å². The van der Waals surface area contributed by atoms with Crippen LogP contribution in [0.25, 0.3) is 0 Å². The van der Waals surface area contributed by atoms with Gasteiger partial charge < -0.3 is 25.0 Å². The molecule has 0 radical (unpaired) electrons. The Morgan fingerprint density at radius 2 is 1.90 bits per heavy atom. The van der Waals surface area contributed by atoms with Gasteiger partial charge in [0.15, 0.2) is 5.01 Å². The fraction of sp³-hybridized carbons (Fsp3) is 0.714. The molecule has 2 N–H and O–H groups in total. The fourth-order valence-electron chi connectivity index (χ4n) is 3.99. The zero-order chi connectivity index (χ0) is 22.8. The third-order valence-electron chi connectivity index (χ3n) is 5.52. The van der Waals surface area contributed by atoms with E-state index in [0.717, 1.165) is 30.1 Å². The van der Waals surface area contributed by atoms with Gasteiger partial charge in [-0.3, -0.25) is 9.59 Å². The summed E-state index contributed by atoms with van der Waals surface area (Å²) >= 11 is 1.40. The summed E-state index contributed by atoms with van der Waals surface area (Å²) in [7, 11) is 3.41. The highest BCUT2D eigenvalue weighted by atomic mass is 32.1. The van der Waals surface area contributed by atoms with Gasteiger partial charge >= 0.3 is 12.1 Å². The topological polar surface area (TPSA) is 110 Å². The summed E-state index contributed by atoms with van der Waals surface area (Å²) in [5.74, 6) is -0.915. The van der Waals surface area contributed by atoms with Crippen LogP contribution in [0.1, 0.15) is 60.4 Å². The number of nitrogens with one attached hydrogen (secondary N) is 2. The number of aromatic nitrogens is 1. The van der Waals surface area contributed by atoms with Crippen molar-refractivity contribution in [3.8, 4) is 0 Å². The van der Waals surface area contributed by atoms with Crippen molar-refractivity contribution in [1.29, 1.82) is 0 Å². The first-order valence-corrected chi connectivity index (χ1v) is 11.4. The van der Waals surface area contributed by atoms with Crippen molar-refractivity contribution in [1.82, 2.24) is 20.5 Å². The molecule has 31 heavy (non-hydrogen) atoms. The summed E-state index contributed by atoms with van der Waals surface area (Å²) in [6.07, 6.45) is 1.76. The van der Waals surface area contributed by atoms with Crippen LogP contribution < -0.4 is 10.6 Å². The molecule has 0 saturated heterocycles. The number of hydrogen-bond donors (Lipinski definition) is 2. The molecule has 1 aliphatic carbocycles. The quantitative estimate of drug-likeness (QED) is 0.673. The molecule has 2 aliphatic rings. The van der Waals surface area contributed by atoms with E-state index in [1.165, 1.54) is 18.4 Å². The number of hydrogen-bond acceptors (Lipinski definition) is 8. The molecule has 1 aromatic rings. The molecule has 2 heterocycles. The first-order chi connectivity index (χ1) is 14.6. The second-order valence-corrected chi connectivity index (χ2v) is 10.3. The van der Waals surface area contributed by atoms with E-state index in [-0.39, 0.29) is 23.8 Å². The first-order valence-electron chi connectivity index (χ1n) is 10.6. The number of ether oxygens (including phenoxy) is 2. The Bertz CT molecular complexity index is 834. The molecule has 2 unspecified atom stereocenters. The van der Waals surface area contributed by atoms with Gasteiger partial charge in [-0.15, -0.1) is 11.3 Å². The molecule has 0 spiro atoms. The Balaban J connectivity index is 1.71. The molecular formula is C21H32N4O5S. The van der Waals surface area contributed by atoms with Gasteiger partial charge in [-0.05, 0) is 47.1 Å². The van der Waals surface area contributed by atoms with Crippen molar-refractivity contribution in [2.24, 2.45) is 5.92 Å². The summed E-state index contributed by atoms with van der Waals surface area (Å²) in [6, 6.07) is -0.776. The molecule has 1 aromatic heterocycles. The molecule has 0 aromatic carbocycles. The summed E-state index contributed by atoms with van der Waals surface area (Å²) in [5.41, 5.74) is 0.354. The molecule has 2 amide bonds. The SMILES string of the molecule is COC(=O)C1CC[C@H](NC(=O)OC(C)(C)C)C(NC(=O)c2nc3c(s2)CN(C)CC3)C1. The van der Waals surface area contributed by atoms with Gasteiger partial charge in [0.05, 0.1) is 30.8 Å². The van der Waals surface area contributed by atoms with Crippen molar-refractivity contribution >= 4 is 29.3 Å². The molecule has 3 rings (SSSR count). The molecule has 10 heteroatoms. The largest absolute Gasteiger partial charge is 0.469 e. The van der Waals surface area contributed by atoms with Crippen molar-refractivity contribution in [2.45, 2.75) is 70.7 Å². The molecular weight excluding hydrogens is 420 g/mol. The maximum atomic E-state index is 13.0. The molecule has 1 saturated carbocycles. The van der Waals surface area contributed by atoms with Crippen molar-refractivity contribution in [3.63, 3.8) is 0 Å². The van der Waals surface area contributed by atoms with E-state index >= 15 is 0 Å². The highest BCUT2D eigenvalue weighted by molar-refractivity contribution is 7.13. The lowest BCUT2D eigenvalue weighted by Crippen LogP contribution is -2.56. The van der Waals surface area contributed by atoms with Crippen LogP contribution in [0.2, 0.25) is 0 Å². The van der Waals surface area contributed by atoms with Crippen LogP contribution >= 0.6 is 11.3 Å². The van der Waals surface area contributed by atoms with Crippen molar-refractivity contribution in [3.05, 3.63) is 15.6 Å². The lowest BCUT2D eigenvalue weighted by Gasteiger charge is -2.36. The highest BCUT2D eigenvalue weighted by Crippen LogP contribution is 2.28. The third kappa shape index (κ3) is 6.16. The number of nitrogens with zero attached hydrogens (tertiary/aromatic N) is 2. The lowest BCUT2D eigenvalue weighted by atomic mass is 9.82. The number of fused-ring (bicyclic) bond motifs is 1. The Morgan fingerprint density at radius 1 is 1.16 bits per heavy atom. The Kier molecular flexibility index (Phi) is 7.20. The minimum Gasteiger partial charge on any atom is -0.469 e. The number of rotatable bonds is 4. The van der Waals surface area contributed by atoms with Gasteiger partial charge in [-0.1, -0.05) is 0 Å². The summed E-state index contributed by atoms with van der Waals surface area (Å²) in [4.78, 5) is 45.2. The minimum absolute atomic E-state index is 0.284. The number of methoxy groups -OCH3 is 1. The normalized spacial score (nSPS) is 24.1. The van der Waals surface area contributed by atoms with Crippen LogP contribution in [-0.2, 0) is 27.2 Å². The van der Waals surface area contributed by atoms with Gasteiger partial charge in [0, 0.05) is 24.4 Å². The van der Waals surface area contributed by atoms with E-state index in [2.05, 4.69) is 20.5 Å². The van der Waals surface area contributed by atoms with Crippen molar-refractivity contribution < 1.29 is 23.9 Å². The summed E-state index contributed by atoms with van der Waals surface area (Å²) < 4.78 is 10.3. The number of alkyl carbamates (subject to hydrolysis) is 1. The maximum Gasteiger partial charge on any atom is 0.407 e. The smallest absolute Gasteiger partial charge is 0.407 e. The summed E-state index contributed by atoms with van der Waals surface area (Å²) in [5, 5.41) is 6.28. The number of thiazole rings is 1. The minimum atomic E-state index is -0.626. The van der Waals surface area contributed by atoms with Crippen LogP contribution in [0.3, 0.4) is 0 Å². The maximum absolute atomic E-state index is 13.0. The summed E-state index contributed by atoms with van der Waals surface area (Å²) in [6.45, 7) is 7.09. The number of carbonyl (C=O) groups is 3. The second kappa shape index (κ2) is 9.52. The molecule has 0 bridgehead atoms. The van der Waals surface area contributed by atoms with Gasteiger partial charge in [0.25, 0.3) is 5.91 Å². The van der Waals surface area contributed by atoms with E-state index in [1.807, 2.05) is 7.05 Å². The van der Waals surface area contributed by atoms with E-state index in [4.69, 9.17) is 9.47 Å². The van der Waals surface area contributed by atoms with Crippen molar-refractivity contribution in [2.75, 3.05) is 20.7 Å². The molecule has 9 nitrogen and oxygen atoms in total. The molecule has 1 fully saturated rings. The Hall–Kier alpha value is -2.20. The number of carbonyl (C=O) groups excluding carboxylic acids is 3. The predicted octanol–water partition coefficient (Wildman–Crippen LogP) is 2.10. The second-order valence-electron chi connectivity index (χ2n) is 9.24. The average Bonchev–Trinajstić information content (AvgIpc) is 3.10. The predicted molar refractivity (Wildman–Crippen MR) is 116 cm³/mol. The zero-order valence-corrected chi connectivity index (χ0v) is 19.6. The van der Waals surface area contributed by atoms with Crippen LogP contribution in [0.5, 0.6) is 0 Å². The van der Waals surface area contributed by atoms with E-state index in [9.17, 15) is 14.4 Å². The van der Waals surface area contributed by atoms with E-state index < -0.39 is 17.7 Å². The van der Waals surface area contributed by atoms with Crippen LogP contribution in [0.15, 0.2) is 0 Å². The number of amides is 2. The molecule has 3 atom stereocenters. The van der Waals surface area contributed by atoms with Gasteiger partial charge in [0.2, 0.25) is 0 Å². The fourth-order valence-corrected chi connectivity index (χ4v) is 5.08. The number of likely N-dealkylation sites (N-methyl/N-ethyl adjacent to an activating group) is 1. The first kappa shape index (κ1) is 23.5. The third-order valence-corrected chi connectivity index (χ3v) is 6.60. The lowest BCUT2D eigenvalue weighted by molar-refractivity contribution is -0.146. The van der Waals surface area contributed by atoms with Crippen LogP contribution in [0, 0.1) is 5.92 Å². The Morgan fingerprint density at radius 3 is 2.58 bits per heavy atom. The van der Waals surface area contributed by atoms with E-state index in [0.29, 0.717) is 24.3 Å². The monoisotopic (exact) mass is 452 g/mol. The standard InChI is InChI=1S/C21H32N4O5S/c1-21(2,3)30-20(28)24-13-7-6-12(19(27)29-5)10-15(13)22-17(26)18-23-14-8-9-25(4)11-16(14)31-18/h12-13,15H,6-11H2,1-5H3,(H,22,26)(H,24,28)/t12?,13-,15?/m0/s1. The molecule has 172 valence electrons. The average molecular weight is 453 g/mol. The Labute approximate surface area is 186 Å². The number of esters is 1. The van der Waals surface area contributed by atoms with Gasteiger partial charge in [0.1, 0.15) is 5.60 Å². The van der Waals surface area contributed by atoms with Gasteiger partial charge in [-0.25, -0.2) is 9.78 Å². The molecule has 1 aliphatic heterocycles. The highest BCUT2D eigenvalue weighted by Gasteiger charge is 2.37. The van der Waals surface area contributed by atoms with Crippen LogP contribution in [0.4, 0.5) is 4.79 Å².